The van der Waals surface area contributed by atoms with E-state index < -0.39 is 17.4 Å². The summed E-state index contributed by atoms with van der Waals surface area (Å²) in [6.07, 6.45) is 0. The summed E-state index contributed by atoms with van der Waals surface area (Å²) in [6.45, 7) is 5.43. The fourth-order valence-electron chi connectivity index (χ4n) is 0.737. The number of azide groups is 1. The number of rotatable bonds is 2. The van der Waals surface area contributed by atoms with Gasteiger partial charge in [-0.25, -0.2) is 0 Å². The average molecular weight is 190 g/mol. The van der Waals surface area contributed by atoms with Crippen molar-refractivity contribution in [2.75, 3.05) is 7.11 Å². The lowest BCUT2D eigenvalue weighted by Crippen LogP contribution is -2.33. The van der Waals surface area contributed by atoms with Gasteiger partial charge in [0, 0.05) is 18.2 Å². The van der Waals surface area contributed by atoms with Crippen LogP contribution in [0.3, 0.4) is 0 Å². The highest BCUT2D eigenvalue weighted by Crippen LogP contribution is 2.23. The summed E-state index contributed by atoms with van der Waals surface area (Å²) in [6, 6.07) is -0.757. The van der Waals surface area contributed by atoms with Gasteiger partial charge in [0.1, 0.15) is 6.04 Å². The van der Waals surface area contributed by atoms with E-state index in [9.17, 15) is 4.79 Å². The van der Waals surface area contributed by atoms with Gasteiger partial charge in [-0.3, -0.25) is 4.79 Å². The van der Waals surface area contributed by atoms with E-state index in [-0.39, 0.29) is 1.43 Å². The van der Waals surface area contributed by atoms with E-state index in [1.54, 1.807) is 0 Å². The smallest absolute Gasteiger partial charge is 0.315 e. The van der Waals surface area contributed by atoms with Crippen molar-refractivity contribution in [3.8, 4) is 0 Å². The fraction of sp³-hybridized carbons (Fsp3) is 0.857. The first-order valence-corrected chi connectivity index (χ1v) is 3.55. The van der Waals surface area contributed by atoms with Crippen molar-refractivity contribution >= 4 is 5.97 Å². The molecule has 0 rings (SSSR count). The first-order valence-electron chi connectivity index (χ1n) is 7.55. The molecule has 0 unspecified atom stereocenters. The van der Waals surface area contributed by atoms with Crippen molar-refractivity contribution in [2.45, 2.75) is 26.8 Å². The Kier molecular flexibility index (Phi) is 1.80. The molecule has 0 saturated carbocycles. The zero-order valence-electron chi connectivity index (χ0n) is 15.7. The molecule has 0 heterocycles. The Bertz CT molecular complexity index is 234. The average Bonchev–Trinajstić information content (AvgIpc) is 2.51. The monoisotopic (exact) mass is 190 g/mol. The summed E-state index contributed by atoms with van der Waals surface area (Å²) in [4.78, 5) is 13.7. The fourth-order valence-corrected chi connectivity index (χ4v) is 0.737. The Hall–Kier alpha value is -1.22. The number of ether oxygens (including phenoxy) is 1. The quantitative estimate of drug-likeness (QED) is 0.290. The number of nitrogens with zero attached hydrogens (tertiary/aromatic N) is 3. The van der Waals surface area contributed by atoms with Crippen LogP contribution in [-0.4, -0.2) is 19.1 Å². The highest BCUT2D eigenvalue weighted by atomic mass is 16.5. The second kappa shape index (κ2) is 3.97. The van der Waals surface area contributed by atoms with Gasteiger partial charge in [-0.2, -0.15) is 0 Å². The molecule has 0 amide bonds. The minimum absolute atomic E-state index is 0. The molecule has 0 bridgehead atoms. The molecule has 0 saturated heterocycles. The summed E-state index contributed by atoms with van der Waals surface area (Å²) >= 11 is 0. The number of carbonyl (C=O) groups excluding carboxylic acids is 1. The lowest BCUT2D eigenvalue weighted by Gasteiger charge is -2.23. The highest BCUT2D eigenvalue weighted by Gasteiger charge is 2.30. The predicted molar refractivity (Wildman–Crippen MR) is 55.0 cm³/mol. The van der Waals surface area contributed by atoms with Gasteiger partial charge < -0.3 is 4.74 Å². The van der Waals surface area contributed by atoms with E-state index in [2.05, 4.69) is 14.8 Å². The highest BCUT2D eigenvalue weighted by molar-refractivity contribution is 5.76. The van der Waals surface area contributed by atoms with Gasteiger partial charge in [-0.05, 0) is 10.9 Å². The van der Waals surface area contributed by atoms with Crippen LogP contribution in [0.25, 0.3) is 10.4 Å². The van der Waals surface area contributed by atoms with E-state index in [0.717, 1.165) is 0 Å². The Labute approximate surface area is 85.2 Å². The molecule has 5 heteroatoms. The van der Waals surface area contributed by atoms with Crippen LogP contribution in [0.4, 0.5) is 0 Å². The second-order valence-corrected chi connectivity index (χ2v) is 3.50. The second-order valence-electron chi connectivity index (χ2n) is 3.50. The van der Waals surface area contributed by atoms with E-state index in [1.807, 2.05) is 20.8 Å². The van der Waals surface area contributed by atoms with E-state index in [1.165, 1.54) is 7.11 Å². The van der Waals surface area contributed by atoms with E-state index in [4.69, 9.17) is 17.4 Å². The van der Waals surface area contributed by atoms with Crippen molar-refractivity contribution in [2.24, 2.45) is 10.5 Å². The molecule has 0 N–H and O–H groups in total. The van der Waals surface area contributed by atoms with Crippen molar-refractivity contribution in [3.63, 3.8) is 0 Å². The summed E-state index contributed by atoms with van der Waals surface area (Å²) in [5.74, 6) is -0.500. The molecule has 78 valence electrons. The Balaban J connectivity index is -0.0000000537. The number of carbonyl (C=O) groups is 1. The van der Waals surface area contributed by atoms with E-state index >= 15 is 0 Å². The van der Waals surface area contributed by atoms with Gasteiger partial charge in [-0.15, -0.1) is 0 Å². The molecule has 12 heavy (non-hydrogen) atoms. The third kappa shape index (κ3) is 2.80. The number of hydrogen-bond donors (Lipinski definition) is 0. The first-order chi connectivity index (χ1) is 9.43. The van der Waals surface area contributed by atoms with Crippen LogP contribution in [0, 0.1) is 5.41 Å². The number of methoxy groups -OCH3 is 1. The lowest BCUT2D eigenvalue weighted by atomic mass is 9.87. The molecule has 0 aromatic carbocycles. The minimum atomic E-state index is -0.757. The number of hydrogen-bond acceptors (Lipinski definition) is 3. The molecule has 0 spiro atoms. The molecule has 0 aliphatic rings. The van der Waals surface area contributed by atoms with Crippen molar-refractivity contribution in [3.05, 3.63) is 10.4 Å². The van der Waals surface area contributed by atoms with Gasteiger partial charge in [0.2, 0.25) is 0 Å². The molecule has 0 radical (unpaired) electrons. The molecule has 0 aromatic heterocycles. The molecule has 1 atom stereocenters. The van der Waals surface area contributed by atoms with E-state index in [0.29, 0.717) is 0 Å². The maximum atomic E-state index is 11.1. The minimum Gasteiger partial charge on any atom is -0.469 e. The van der Waals surface area contributed by atoms with Crippen molar-refractivity contribution in [1.82, 2.24) is 0 Å². The van der Waals surface area contributed by atoms with Crippen LogP contribution < -0.4 is 0 Å². The van der Waals surface area contributed by atoms with Crippen LogP contribution in [0.2, 0.25) is 0 Å². The third-order valence-electron chi connectivity index (χ3n) is 1.41. The first kappa shape index (κ1) is 5.43. The SMILES string of the molecule is COC(=O)[C@@H](N=[N+]=[N-])C(C)(C)C.[2HH].[2H][2H].[2H][2H].[2H][2H].[2H][2H]. The Morgan fingerprint density at radius 2 is 2.25 bits per heavy atom. The standard InChI is InChI=1S/C7H13N3O2.5H2/c1-7(2,3)5(9-10-8)6(11)12-4;;;;;/h5H,1-4H3;5*1H/t5-;;;;;/m1...../s1/i;4*1+1D;1+1. The molecule has 0 aliphatic carbocycles. The Morgan fingerprint density at radius 1 is 1.75 bits per heavy atom. The van der Waals surface area contributed by atoms with Gasteiger partial charge >= 0.3 is 5.97 Å². The molecule has 5 nitrogen and oxygen atoms in total. The topological polar surface area (TPSA) is 75.1 Å². The van der Waals surface area contributed by atoms with Crippen LogP contribution in [-0.2, 0) is 9.53 Å². The van der Waals surface area contributed by atoms with Crippen LogP contribution in [0.15, 0.2) is 5.11 Å². The van der Waals surface area contributed by atoms with Gasteiger partial charge in [-0.1, -0.05) is 25.9 Å². The summed E-state index contributed by atoms with van der Waals surface area (Å²) in [5, 5.41) is 3.37. The zero-order valence-corrected chi connectivity index (χ0v) is 7.74. The largest absolute Gasteiger partial charge is 0.469 e. The van der Waals surface area contributed by atoms with Crippen molar-refractivity contribution in [1.29, 1.82) is 0 Å². The number of esters is 1. The third-order valence-corrected chi connectivity index (χ3v) is 1.41. The van der Waals surface area contributed by atoms with Gasteiger partial charge in [0.05, 0.1) is 7.11 Å². The zero-order chi connectivity index (χ0) is 17.8. The summed E-state index contributed by atoms with van der Waals surface area (Å²) in [5.41, 5.74) is 7.79. The van der Waals surface area contributed by atoms with Gasteiger partial charge in [0.25, 0.3) is 0 Å². The van der Waals surface area contributed by atoms with Crippen LogP contribution >= 0.6 is 0 Å². The summed E-state index contributed by atoms with van der Waals surface area (Å²) < 4.78 is 44.5. The Morgan fingerprint density at radius 3 is 2.50 bits per heavy atom. The maximum Gasteiger partial charge on any atom is 0.315 e. The molecule has 0 aromatic rings. The van der Waals surface area contributed by atoms with Crippen LogP contribution in [0.5, 0.6) is 0 Å². The molecule has 0 fully saturated rings. The molecular formula is C7H23N3O2. The van der Waals surface area contributed by atoms with Crippen molar-refractivity contribution < 1.29 is 22.8 Å². The maximum absolute atomic E-state index is 11.1. The predicted octanol–water partition coefficient (Wildman–Crippen LogP) is 3.11. The normalized spacial score (nSPS) is 15.7. The van der Waals surface area contributed by atoms with Crippen LogP contribution in [0.1, 0.15) is 34.1 Å². The van der Waals surface area contributed by atoms with Gasteiger partial charge in [0.15, 0.2) is 0 Å². The molecule has 0 aliphatic heterocycles. The molecular weight excluding hydrogens is 158 g/mol. The summed E-state index contributed by atoms with van der Waals surface area (Å²) in [7, 11) is 1.27. The lowest BCUT2D eigenvalue weighted by molar-refractivity contribution is -0.144.